The number of rotatable bonds is 4. The zero-order valence-corrected chi connectivity index (χ0v) is 11.8. The lowest BCUT2D eigenvalue weighted by Gasteiger charge is -2.26. The highest BCUT2D eigenvalue weighted by atomic mass is 32.2. The molecule has 1 aliphatic heterocycles. The fourth-order valence-corrected chi connectivity index (χ4v) is 3.45. The van der Waals surface area contributed by atoms with E-state index >= 15 is 0 Å². The number of alkyl halides is 3. The SMILES string of the molecule is COCCS(=O)(=O)N1CC(O)(C(F)(F)F)c2cccnc21. The molecule has 1 aromatic rings. The summed E-state index contributed by atoms with van der Waals surface area (Å²) >= 11 is 0. The molecule has 118 valence electrons. The first kappa shape index (κ1) is 16.0. The van der Waals surface area contributed by atoms with E-state index in [4.69, 9.17) is 0 Å². The van der Waals surface area contributed by atoms with E-state index < -0.39 is 45.5 Å². The first-order valence-electron chi connectivity index (χ1n) is 5.87. The minimum Gasteiger partial charge on any atom is -0.384 e. The van der Waals surface area contributed by atoms with Gasteiger partial charge in [0, 0.05) is 18.9 Å². The Morgan fingerprint density at radius 1 is 1.52 bits per heavy atom. The minimum absolute atomic E-state index is 0.175. The van der Waals surface area contributed by atoms with Crippen LogP contribution in [0.1, 0.15) is 5.56 Å². The molecule has 21 heavy (non-hydrogen) atoms. The van der Waals surface area contributed by atoms with Crippen LogP contribution in [0.5, 0.6) is 0 Å². The number of aromatic nitrogens is 1. The van der Waals surface area contributed by atoms with E-state index in [0.29, 0.717) is 4.31 Å². The summed E-state index contributed by atoms with van der Waals surface area (Å²) < 4.78 is 68.6. The smallest absolute Gasteiger partial charge is 0.384 e. The molecule has 1 aromatic heterocycles. The van der Waals surface area contributed by atoms with Gasteiger partial charge < -0.3 is 9.84 Å². The second-order valence-electron chi connectivity index (χ2n) is 4.55. The molecule has 0 amide bonds. The monoisotopic (exact) mass is 326 g/mol. The van der Waals surface area contributed by atoms with Gasteiger partial charge in [0.1, 0.15) is 5.82 Å². The molecule has 2 heterocycles. The molecule has 0 bridgehead atoms. The zero-order chi connectivity index (χ0) is 15.9. The van der Waals surface area contributed by atoms with Crippen LogP contribution in [0.15, 0.2) is 18.3 Å². The van der Waals surface area contributed by atoms with Crippen molar-refractivity contribution in [2.24, 2.45) is 0 Å². The molecule has 0 spiro atoms. The summed E-state index contributed by atoms with van der Waals surface area (Å²) in [5.74, 6) is -0.915. The third-order valence-corrected chi connectivity index (χ3v) is 4.85. The maximum atomic E-state index is 13.1. The van der Waals surface area contributed by atoms with Crippen LogP contribution in [0.2, 0.25) is 0 Å². The van der Waals surface area contributed by atoms with Crippen molar-refractivity contribution in [1.29, 1.82) is 0 Å². The molecule has 6 nitrogen and oxygen atoms in total. The first-order chi connectivity index (χ1) is 9.63. The van der Waals surface area contributed by atoms with Crippen LogP contribution in [0.25, 0.3) is 0 Å². The number of nitrogens with zero attached hydrogens (tertiary/aromatic N) is 2. The normalized spacial score (nSPS) is 22.4. The number of pyridine rings is 1. The van der Waals surface area contributed by atoms with Gasteiger partial charge in [0.2, 0.25) is 15.6 Å². The third kappa shape index (κ3) is 2.58. The van der Waals surface area contributed by atoms with Gasteiger partial charge in [-0.25, -0.2) is 17.7 Å². The molecule has 10 heteroatoms. The van der Waals surface area contributed by atoms with E-state index in [1.807, 2.05) is 0 Å². The van der Waals surface area contributed by atoms with Crippen molar-refractivity contribution in [1.82, 2.24) is 4.98 Å². The van der Waals surface area contributed by atoms with Crippen molar-refractivity contribution in [3.05, 3.63) is 23.9 Å². The Bertz CT molecular complexity index is 635. The number of hydrogen-bond acceptors (Lipinski definition) is 5. The summed E-state index contributed by atoms with van der Waals surface area (Å²) in [5, 5.41) is 9.94. The van der Waals surface area contributed by atoms with Gasteiger partial charge in [-0.1, -0.05) is 6.07 Å². The second kappa shape index (κ2) is 5.11. The Balaban J connectivity index is 2.50. The number of hydrogen-bond donors (Lipinski definition) is 1. The van der Waals surface area contributed by atoms with Gasteiger partial charge in [0.05, 0.1) is 18.9 Å². The number of halogens is 3. The minimum atomic E-state index is -5.02. The molecule has 1 N–H and O–H groups in total. The second-order valence-corrected chi connectivity index (χ2v) is 6.56. The van der Waals surface area contributed by atoms with Gasteiger partial charge in [-0.05, 0) is 6.07 Å². The summed E-state index contributed by atoms with van der Waals surface area (Å²) in [6, 6.07) is 2.22. The van der Waals surface area contributed by atoms with Gasteiger partial charge in [-0.15, -0.1) is 0 Å². The molecule has 1 aliphatic rings. The quantitative estimate of drug-likeness (QED) is 0.878. The van der Waals surface area contributed by atoms with Crippen molar-refractivity contribution in [3.8, 4) is 0 Å². The molecule has 0 aromatic carbocycles. The molecule has 1 atom stereocenters. The number of ether oxygens (including phenoxy) is 1. The summed E-state index contributed by atoms with van der Waals surface area (Å²) in [6.45, 7) is -1.32. The van der Waals surface area contributed by atoms with Gasteiger partial charge >= 0.3 is 6.18 Å². The van der Waals surface area contributed by atoms with Crippen molar-refractivity contribution in [2.45, 2.75) is 11.8 Å². The molecule has 1 unspecified atom stereocenters. The van der Waals surface area contributed by atoms with Crippen LogP contribution < -0.4 is 4.31 Å². The lowest BCUT2D eigenvalue weighted by Crippen LogP contribution is -2.47. The van der Waals surface area contributed by atoms with Gasteiger partial charge in [0.25, 0.3) is 0 Å². The van der Waals surface area contributed by atoms with Crippen LogP contribution in [-0.4, -0.2) is 50.7 Å². The van der Waals surface area contributed by atoms with Crippen molar-refractivity contribution in [3.63, 3.8) is 0 Å². The molecular weight excluding hydrogens is 313 g/mol. The largest absolute Gasteiger partial charge is 0.423 e. The zero-order valence-electron chi connectivity index (χ0n) is 11.0. The van der Waals surface area contributed by atoms with Crippen LogP contribution in [0.4, 0.5) is 19.0 Å². The van der Waals surface area contributed by atoms with E-state index in [1.54, 1.807) is 0 Å². The van der Waals surface area contributed by atoms with Gasteiger partial charge in [-0.3, -0.25) is 0 Å². The van der Waals surface area contributed by atoms with E-state index in [-0.39, 0.29) is 6.61 Å². The fourth-order valence-electron chi connectivity index (χ4n) is 2.06. The highest BCUT2D eigenvalue weighted by Crippen LogP contribution is 2.48. The Kier molecular flexibility index (Phi) is 3.89. The molecule has 0 radical (unpaired) electrons. The maximum Gasteiger partial charge on any atom is 0.423 e. The van der Waals surface area contributed by atoms with Crippen LogP contribution in [0, 0.1) is 0 Å². The lowest BCUT2D eigenvalue weighted by atomic mass is 9.97. The Morgan fingerprint density at radius 3 is 2.76 bits per heavy atom. The highest BCUT2D eigenvalue weighted by molar-refractivity contribution is 7.92. The summed E-state index contributed by atoms with van der Waals surface area (Å²) in [6.07, 6.45) is -3.85. The average molecular weight is 326 g/mol. The van der Waals surface area contributed by atoms with Crippen LogP contribution >= 0.6 is 0 Å². The highest BCUT2D eigenvalue weighted by Gasteiger charge is 2.62. The molecule has 0 fully saturated rings. The molecular formula is C11H13F3N2O4S. The molecule has 0 saturated heterocycles. The Morgan fingerprint density at radius 2 is 2.19 bits per heavy atom. The third-order valence-electron chi connectivity index (χ3n) is 3.19. The van der Waals surface area contributed by atoms with Crippen LogP contribution in [0.3, 0.4) is 0 Å². The van der Waals surface area contributed by atoms with Gasteiger partial charge in [0.15, 0.2) is 0 Å². The number of anilines is 1. The standard InChI is InChI=1S/C11H13F3N2O4S/c1-20-5-6-21(18,19)16-7-10(17,11(12,13)14)8-3-2-4-15-9(8)16/h2-4,17H,5-7H2,1H3. The number of methoxy groups -OCH3 is 1. The molecule has 0 aliphatic carbocycles. The summed E-state index contributed by atoms with van der Waals surface area (Å²) in [4.78, 5) is 3.67. The van der Waals surface area contributed by atoms with E-state index in [0.717, 1.165) is 6.07 Å². The molecule has 0 saturated carbocycles. The lowest BCUT2D eigenvalue weighted by molar-refractivity contribution is -0.258. The number of aliphatic hydroxyl groups is 1. The van der Waals surface area contributed by atoms with Crippen molar-refractivity contribution < 1.29 is 31.4 Å². The van der Waals surface area contributed by atoms with Crippen molar-refractivity contribution >= 4 is 15.8 Å². The van der Waals surface area contributed by atoms with Crippen molar-refractivity contribution in [2.75, 3.05) is 30.3 Å². The predicted octanol–water partition coefficient (Wildman–Crippen LogP) is 0.628. The first-order valence-corrected chi connectivity index (χ1v) is 7.48. The number of β-amino-alcohol motifs (C(OH)–C–C–N with tert-alkyl or cyclic N) is 1. The van der Waals surface area contributed by atoms with Crippen LogP contribution in [-0.2, 0) is 20.4 Å². The Labute approximate surface area is 119 Å². The van der Waals surface area contributed by atoms with E-state index in [2.05, 4.69) is 9.72 Å². The Hall–Kier alpha value is -1.39. The summed E-state index contributed by atoms with van der Waals surface area (Å²) in [7, 11) is -2.81. The fraction of sp³-hybridized carbons (Fsp3) is 0.545. The van der Waals surface area contributed by atoms with E-state index in [1.165, 1.54) is 19.4 Å². The van der Waals surface area contributed by atoms with Gasteiger partial charge in [-0.2, -0.15) is 13.2 Å². The summed E-state index contributed by atoms with van der Waals surface area (Å²) in [5.41, 5.74) is -3.84. The molecule has 2 rings (SSSR count). The van der Waals surface area contributed by atoms with E-state index in [9.17, 15) is 26.7 Å². The number of sulfonamides is 1. The maximum absolute atomic E-state index is 13.1. The number of fused-ring (bicyclic) bond motifs is 1. The average Bonchev–Trinajstić information content (AvgIpc) is 2.72. The topological polar surface area (TPSA) is 79.7 Å². The predicted molar refractivity (Wildman–Crippen MR) is 67.2 cm³/mol.